The maximum absolute atomic E-state index is 12.8. The van der Waals surface area contributed by atoms with Gasteiger partial charge in [-0.2, -0.15) is 8.42 Å². The lowest BCUT2D eigenvalue weighted by molar-refractivity contribution is -0.122. The van der Waals surface area contributed by atoms with Crippen LogP contribution in [-0.4, -0.2) is 26.1 Å². The van der Waals surface area contributed by atoms with Gasteiger partial charge in [0.15, 0.2) is 0 Å². The van der Waals surface area contributed by atoms with E-state index in [2.05, 4.69) is 5.32 Å². The van der Waals surface area contributed by atoms with E-state index < -0.39 is 10.1 Å². The molecule has 8 nitrogen and oxygen atoms in total. The molecule has 1 aliphatic carbocycles. The first-order valence-corrected chi connectivity index (χ1v) is 11.5. The van der Waals surface area contributed by atoms with Crippen LogP contribution in [0.15, 0.2) is 53.4 Å². The second-order valence-electron chi connectivity index (χ2n) is 7.75. The number of nitrogens with one attached hydrogen (secondary N) is 1. The summed E-state index contributed by atoms with van der Waals surface area (Å²) in [5.41, 5.74) is 0.763. The van der Waals surface area contributed by atoms with Gasteiger partial charge < -0.3 is 9.50 Å². The highest BCUT2D eigenvalue weighted by molar-refractivity contribution is 7.87. The lowest BCUT2D eigenvalue weighted by atomic mass is 9.81. The zero-order valence-corrected chi connectivity index (χ0v) is 17.7. The van der Waals surface area contributed by atoms with Gasteiger partial charge >= 0.3 is 10.1 Å². The molecule has 2 atom stereocenters. The van der Waals surface area contributed by atoms with Gasteiger partial charge in [-0.25, -0.2) is 4.90 Å². The van der Waals surface area contributed by atoms with Crippen LogP contribution in [0.1, 0.15) is 32.6 Å². The fourth-order valence-electron chi connectivity index (χ4n) is 4.17. The van der Waals surface area contributed by atoms with Crippen LogP contribution in [0.4, 0.5) is 11.4 Å². The highest BCUT2D eigenvalue weighted by Crippen LogP contribution is 2.40. The Morgan fingerprint density at radius 2 is 1.61 bits per heavy atom. The van der Waals surface area contributed by atoms with Crippen molar-refractivity contribution in [1.29, 1.82) is 0 Å². The largest absolute Gasteiger partial charge is 0.379 e. The Hall–Kier alpha value is -3.20. The molecule has 1 heterocycles. The molecule has 2 fully saturated rings. The van der Waals surface area contributed by atoms with Crippen LogP contribution in [0.3, 0.4) is 0 Å². The number of carbonyl (C=O) groups excluding carboxylic acids is 3. The molecule has 2 aliphatic rings. The van der Waals surface area contributed by atoms with Crippen LogP contribution in [0.2, 0.25) is 0 Å². The van der Waals surface area contributed by atoms with Crippen molar-refractivity contribution in [3.05, 3.63) is 48.5 Å². The standard InChI is InChI=1S/C22H22N2O6S/c1-14(25)23-15-9-11-18(12-10-15)31(28,29)30-17-6-4-5-16(13-17)24-21(26)19-7-2-3-8-20(19)22(24)27/h4-6,9-13,19-20H,2-3,7-8H2,1H3,(H,23,25)/t19-,20-/m1/s1. The first-order chi connectivity index (χ1) is 14.8. The van der Waals surface area contributed by atoms with E-state index in [-0.39, 0.29) is 40.2 Å². The van der Waals surface area contributed by atoms with Gasteiger partial charge in [-0.15, -0.1) is 0 Å². The van der Waals surface area contributed by atoms with E-state index in [1.165, 1.54) is 43.3 Å². The van der Waals surface area contributed by atoms with E-state index in [0.29, 0.717) is 24.2 Å². The second-order valence-corrected chi connectivity index (χ2v) is 9.30. The normalized spacial score (nSPS) is 21.0. The lowest BCUT2D eigenvalue weighted by Gasteiger charge is -2.19. The minimum Gasteiger partial charge on any atom is -0.379 e. The topological polar surface area (TPSA) is 110 Å². The van der Waals surface area contributed by atoms with Gasteiger partial charge in [0.25, 0.3) is 0 Å². The number of amides is 3. The molecule has 1 N–H and O–H groups in total. The van der Waals surface area contributed by atoms with Crippen LogP contribution in [0.5, 0.6) is 5.75 Å². The maximum atomic E-state index is 12.8. The van der Waals surface area contributed by atoms with Crippen molar-refractivity contribution in [2.45, 2.75) is 37.5 Å². The molecule has 9 heteroatoms. The average molecular weight is 442 g/mol. The van der Waals surface area contributed by atoms with Crippen molar-refractivity contribution in [2.24, 2.45) is 11.8 Å². The van der Waals surface area contributed by atoms with Gasteiger partial charge in [-0.1, -0.05) is 18.9 Å². The second kappa shape index (κ2) is 8.14. The summed E-state index contributed by atoms with van der Waals surface area (Å²) >= 11 is 0. The van der Waals surface area contributed by atoms with Gasteiger partial charge in [0.2, 0.25) is 17.7 Å². The van der Waals surface area contributed by atoms with Crippen LogP contribution < -0.4 is 14.4 Å². The molecule has 1 saturated carbocycles. The summed E-state index contributed by atoms with van der Waals surface area (Å²) in [7, 11) is -4.15. The number of carbonyl (C=O) groups is 3. The Morgan fingerprint density at radius 3 is 2.19 bits per heavy atom. The quantitative estimate of drug-likeness (QED) is 0.563. The van der Waals surface area contributed by atoms with Gasteiger partial charge in [0, 0.05) is 18.7 Å². The summed E-state index contributed by atoms with van der Waals surface area (Å²) < 4.78 is 30.5. The van der Waals surface area contributed by atoms with Crippen molar-refractivity contribution in [1.82, 2.24) is 0 Å². The molecule has 0 aromatic heterocycles. The Morgan fingerprint density at radius 1 is 1.00 bits per heavy atom. The molecule has 0 bridgehead atoms. The molecule has 3 amide bonds. The van der Waals surface area contributed by atoms with Crippen molar-refractivity contribution in [3.63, 3.8) is 0 Å². The average Bonchev–Trinajstić information content (AvgIpc) is 2.98. The summed E-state index contributed by atoms with van der Waals surface area (Å²) in [6, 6.07) is 11.5. The van der Waals surface area contributed by atoms with E-state index in [0.717, 1.165) is 17.7 Å². The summed E-state index contributed by atoms with van der Waals surface area (Å²) in [6.07, 6.45) is 3.25. The number of hydrogen-bond acceptors (Lipinski definition) is 6. The van der Waals surface area contributed by atoms with Gasteiger partial charge in [-0.3, -0.25) is 14.4 Å². The lowest BCUT2D eigenvalue weighted by Crippen LogP contribution is -2.30. The maximum Gasteiger partial charge on any atom is 0.339 e. The Labute approximate surface area is 180 Å². The molecular formula is C22H22N2O6S. The van der Waals surface area contributed by atoms with Gasteiger partial charge in [0.05, 0.1) is 17.5 Å². The fourth-order valence-corrected chi connectivity index (χ4v) is 5.10. The van der Waals surface area contributed by atoms with Crippen molar-refractivity contribution in [3.8, 4) is 5.75 Å². The first-order valence-electron chi connectivity index (χ1n) is 10.1. The van der Waals surface area contributed by atoms with Crippen LogP contribution in [0, 0.1) is 11.8 Å². The number of benzene rings is 2. The Kier molecular flexibility index (Phi) is 5.53. The molecule has 2 aromatic carbocycles. The molecule has 0 unspecified atom stereocenters. The number of anilines is 2. The van der Waals surface area contributed by atoms with Gasteiger partial charge in [-0.05, 0) is 49.2 Å². The molecule has 0 spiro atoms. The molecule has 1 saturated heterocycles. The third-order valence-electron chi connectivity index (χ3n) is 5.59. The molecule has 31 heavy (non-hydrogen) atoms. The van der Waals surface area contributed by atoms with E-state index in [1.54, 1.807) is 12.1 Å². The molecule has 4 rings (SSSR count). The minimum absolute atomic E-state index is 0.00101. The Bertz CT molecular complexity index is 1120. The predicted octanol–water partition coefficient (Wildman–Crippen LogP) is 3.09. The van der Waals surface area contributed by atoms with Gasteiger partial charge in [0.1, 0.15) is 10.6 Å². The summed E-state index contributed by atoms with van der Waals surface area (Å²) in [5.74, 6) is -1.33. The molecular weight excluding hydrogens is 420 g/mol. The monoisotopic (exact) mass is 442 g/mol. The van der Waals surface area contributed by atoms with E-state index in [9.17, 15) is 22.8 Å². The fraction of sp³-hybridized carbons (Fsp3) is 0.318. The highest BCUT2D eigenvalue weighted by Gasteiger charge is 2.48. The molecule has 0 radical (unpaired) electrons. The predicted molar refractivity (Wildman–Crippen MR) is 113 cm³/mol. The molecule has 162 valence electrons. The molecule has 2 aromatic rings. The zero-order valence-electron chi connectivity index (χ0n) is 16.9. The number of hydrogen-bond donors (Lipinski definition) is 1. The van der Waals surface area contributed by atoms with E-state index in [1.807, 2.05) is 0 Å². The first kappa shape index (κ1) is 21.0. The highest BCUT2D eigenvalue weighted by atomic mass is 32.2. The smallest absolute Gasteiger partial charge is 0.339 e. The number of imide groups is 1. The molecule has 1 aliphatic heterocycles. The third kappa shape index (κ3) is 4.18. The minimum atomic E-state index is -4.15. The van der Waals surface area contributed by atoms with Crippen molar-refractivity contribution in [2.75, 3.05) is 10.2 Å². The summed E-state index contributed by atoms with van der Waals surface area (Å²) in [6.45, 7) is 1.35. The van der Waals surface area contributed by atoms with E-state index in [4.69, 9.17) is 4.18 Å². The third-order valence-corrected chi connectivity index (χ3v) is 6.85. The Balaban J connectivity index is 1.55. The van der Waals surface area contributed by atoms with Crippen molar-refractivity contribution >= 4 is 39.2 Å². The summed E-state index contributed by atoms with van der Waals surface area (Å²) in [5, 5.41) is 2.56. The SMILES string of the molecule is CC(=O)Nc1ccc(S(=O)(=O)Oc2cccc(N3C(=O)[C@@H]4CCCC[C@H]4C3=O)c2)cc1. The van der Waals surface area contributed by atoms with Crippen LogP contribution in [0.25, 0.3) is 0 Å². The van der Waals surface area contributed by atoms with E-state index >= 15 is 0 Å². The summed E-state index contributed by atoms with van der Waals surface area (Å²) in [4.78, 5) is 37.7. The zero-order chi connectivity index (χ0) is 22.2. The number of nitrogens with zero attached hydrogens (tertiary/aromatic N) is 1. The van der Waals surface area contributed by atoms with Crippen LogP contribution in [-0.2, 0) is 24.5 Å². The number of rotatable bonds is 5. The van der Waals surface area contributed by atoms with Crippen molar-refractivity contribution < 1.29 is 27.0 Å². The van der Waals surface area contributed by atoms with Crippen LogP contribution >= 0.6 is 0 Å². The number of fused-ring (bicyclic) bond motifs is 1.